The Morgan fingerprint density at radius 3 is 2.54 bits per heavy atom. The summed E-state index contributed by atoms with van der Waals surface area (Å²) in [5.74, 6) is -0.537. The molecule has 0 spiro atoms. The molecule has 0 saturated carbocycles. The fourth-order valence-corrected chi connectivity index (χ4v) is 3.17. The van der Waals surface area contributed by atoms with E-state index in [1.165, 1.54) is 18.3 Å². The molecule has 2 aromatic heterocycles. The van der Waals surface area contributed by atoms with Gasteiger partial charge in [0.05, 0.1) is 21.5 Å². The number of carbonyl (C=O) groups is 1. The van der Waals surface area contributed by atoms with Crippen LogP contribution in [-0.4, -0.2) is 15.9 Å². The minimum atomic E-state index is -4.54. The first-order valence-corrected chi connectivity index (χ1v) is 7.79. The molecule has 3 rings (SSSR count). The Morgan fingerprint density at radius 1 is 1.12 bits per heavy atom. The minimum absolute atomic E-state index is 0.0132. The Hall–Kier alpha value is -2.48. The first kappa shape index (κ1) is 16.4. The number of amides is 1. The van der Waals surface area contributed by atoms with Crippen molar-refractivity contribution in [2.75, 3.05) is 5.32 Å². The van der Waals surface area contributed by atoms with Crippen molar-refractivity contribution in [1.82, 2.24) is 9.97 Å². The maximum Gasteiger partial charge on any atom is 0.433 e. The number of carbonyl (C=O) groups excluding carboxylic acids is 1. The van der Waals surface area contributed by atoms with Gasteiger partial charge in [0.15, 0.2) is 5.13 Å². The SMILES string of the molecule is Cc1ccc2nc(NC(=O)c3ccc(C(F)(F)F)nc3C)sc2c1. The van der Waals surface area contributed by atoms with Crippen LogP contribution in [0, 0.1) is 13.8 Å². The highest BCUT2D eigenvalue weighted by Gasteiger charge is 2.33. The average Bonchev–Trinajstić information content (AvgIpc) is 2.87. The van der Waals surface area contributed by atoms with E-state index in [0.29, 0.717) is 5.13 Å². The van der Waals surface area contributed by atoms with Crippen LogP contribution < -0.4 is 5.32 Å². The zero-order chi connectivity index (χ0) is 17.5. The summed E-state index contributed by atoms with van der Waals surface area (Å²) in [5, 5.41) is 3.00. The number of benzene rings is 1. The summed E-state index contributed by atoms with van der Waals surface area (Å²) >= 11 is 1.30. The molecule has 0 saturated heterocycles. The lowest BCUT2D eigenvalue weighted by molar-refractivity contribution is -0.141. The molecule has 0 bridgehead atoms. The van der Waals surface area contributed by atoms with Crippen molar-refractivity contribution in [2.24, 2.45) is 0 Å². The largest absolute Gasteiger partial charge is 0.433 e. The van der Waals surface area contributed by atoms with Gasteiger partial charge in [-0.25, -0.2) is 9.97 Å². The number of hydrogen-bond donors (Lipinski definition) is 1. The molecule has 2 heterocycles. The predicted molar refractivity (Wildman–Crippen MR) is 86.3 cm³/mol. The molecule has 0 aliphatic rings. The van der Waals surface area contributed by atoms with Gasteiger partial charge in [0.1, 0.15) is 5.69 Å². The van der Waals surface area contributed by atoms with Crippen LogP contribution in [0.1, 0.15) is 27.3 Å². The first-order chi connectivity index (χ1) is 11.2. The third-order valence-electron chi connectivity index (χ3n) is 3.39. The molecular weight excluding hydrogens is 339 g/mol. The number of aryl methyl sites for hydroxylation is 2. The van der Waals surface area contributed by atoms with Crippen LogP contribution in [0.2, 0.25) is 0 Å². The number of hydrogen-bond acceptors (Lipinski definition) is 4. The van der Waals surface area contributed by atoms with E-state index in [1.807, 2.05) is 25.1 Å². The number of nitrogens with one attached hydrogen (secondary N) is 1. The summed E-state index contributed by atoms with van der Waals surface area (Å²) in [7, 11) is 0. The summed E-state index contributed by atoms with van der Waals surface area (Å²) in [5.41, 5.74) is 0.903. The van der Waals surface area contributed by atoms with Crippen molar-refractivity contribution in [1.29, 1.82) is 0 Å². The van der Waals surface area contributed by atoms with Crippen molar-refractivity contribution < 1.29 is 18.0 Å². The van der Waals surface area contributed by atoms with Gasteiger partial charge in [-0.05, 0) is 43.7 Å². The molecule has 8 heteroatoms. The monoisotopic (exact) mass is 351 g/mol. The summed E-state index contributed by atoms with van der Waals surface area (Å²) in [6.45, 7) is 3.32. The number of nitrogens with zero attached hydrogens (tertiary/aromatic N) is 2. The van der Waals surface area contributed by atoms with E-state index in [0.717, 1.165) is 27.9 Å². The zero-order valence-electron chi connectivity index (χ0n) is 12.7. The van der Waals surface area contributed by atoms with Crippen LogP contribution >= 0.6 is 11.3 Å². The summed E-state index contributed by atoms with van der Waals surface area (Å²) in [6.07, 6.45) is -4.54. The van der Waals surface area contributed by atoms with Crippen LogP contribution in [0.25, 0.3) is 10.2 Å². The normalized spacial score (nSPS) is 11.7. The molecule has 0 aliphatic carbocycles. The minimum Gasteiger partial charge on any atom is -0.298 e. The lowest BCUT2D eigenvalue weighted by Crippen LogP contribution is -2.16. The van der Waals surface area contributed by atoms with Crippen molar-refractivity contribution in [3.8, 4) is 0 Å². The van der Waals surface area contributed by atoms with Crippen LogP contribution in [0.5, 0.6) is 0 Å². The number of rotatable bonds is 2. The second-order valence-corrected chi connectivity index (χ2v) is 6.30. The fraction of sp³-hybridized carbons (Fsp3) is 0.188. The van der Waals surface area contributed by atoms with Gasteiger partial charge in [0.25, 0.3) is 5.91 Å². The highest BCUT2D eigenvalue weighted by Crippen LogP contribution is 2.29. The average molecular weight is 351 g/mol. The molecule has 24 heavy (non-hydrogen) atoms. The van der Waals surface area contributed by atoms with E-state index in [4.69, 9.17) is 0 Å². The quantitative estimate of drug-likeness (QED) is 0.735. The standard InChI is InChI=1S/C16H12F3N3OS/c1-8-3-5-11-12(7-8)24-15(21-11)22-14(23)10-4-6-13(16(17,18)19)20-9(10)2/h3-7H,1-2H3,(H,21,22,23). The number of halogens is 3. The molecule has 4 nitrogen and oxygen atoms in total. The van der Waals surface area contributed by atoms with E-state index < -0.39 is 17.8 Å². The Bertz CT molecular complexity index is 934. The maximum atomic E-state index is 12.6. The van der Waals surface area contributed by atoms with Gasteiger partial charge in [-0.2, -0.15) is 13.2 Å². The summed E-state index contributed by atoms with van der Waals surface area (Å²) < 4.78 is 38.8. The molecule has 0 fully saturated rings. The number of alkyl halides is 3. The van der Waals surface area contributed by atoms with Gasteiger partial charge in [-0.15, -0.1) is 0 Å². The van der Waals surface area contributed by atoms with Gasteiger partial charge < -0.3 is 0 Å². The van der Waals surface area contributed by atoms with Crippen molar-refractivity contribution in [3.63, 3.8) is 0 Å². The highest BCUT2D eigenvalue weighted by molar-refractivity contribution is 7.22. The number of aromatic nitrogens is 2. The number of fused-ring (bicyclic) bond motifs is 1. The van der Waals surface area contributed by atoms with Gasteiger partial charge >= 0.3 is 6.18 Å². The van der Waals surface area contributed by atoms with Gasteiger partial charge in [-0.1, -0.05) is 17.4 Å². The molecule has 1 amide bonds. The topological polar surface area (TPSA) is 54.9 Å². The molecule has 1 aromatic carbocycles. The number of pyridine rings is 1. The van der Waals surface area contributed by atoms with Crippen LogP contribution in [0.3, 0.4) is 0 Å². The number of thiazole rings is 1. The van der Waals surface area contributed by atoms with E-state index in [2.05, 4.69) is 15.3 Å². The summed E-state index contributed by atoms with van der Waals surface area (Å²) in [4.78, 5) is 20.0. The third-order valence-corrected chi connectivity index (χ3v) is 4.32. The van der Waals surface area contributed by atoms with Crippen LogP contribution in [-0.2, 0) is 6.18 Å². The maximum absolute atomic E-state index is 12.6. The molecule has 0 aliphatic heterocycles. The van der Waals surface area contributed by atoms with Gasteiger partial charge in [-0.3, -0.25) is 10.1 Å². The zero-order valence-corrected chi connectivity index (χ0v) is 13.5. The van der Waals surface area contributed by atoms with Gasteiger partial charge in [0, 0.05) is 0 Å². The molecule has 1 N–H and O–H groups in total. The van der Waals surface area contributed by atoms with E-state index >= 15 is 0 Å². The van der Waals surface area contributed by atoms with E-state index in [-0.39, 0.29) is 11.3 Å². The Balaban J connectivity index is 1.86. The molecule has 0 atom stereocenters. The smallest absolute Gasteiger partial charge is 0.298 e. The third kappa shape index (κ3) is 3.23. The molecular formula is C16H12F3N3OS. The summed E-state index contributed by atoms with van der Waals surface area (Å²) in [6, 6.07) is 7.63. The van der Waals surface area contributed by atoms with Crippen molar-refractivity contribution in [3.05, 3.63) is 52.8 Å². The number of anilines is 1. The second-order valence-electron chi connectivity index (χ2n) is 5.27. The molecule has 124 valence electrons. The van der Waals surface area contributed by atoms with Crippen LogP contribution in [0.4, 0.5) is 18.3 Å². The first-order valence-electron chi connectivity index (χ1n) is 6.97. The van der Waals surface area contributed by atoms with Crippen molar-refractivity contribution >= 4 is 32.6 Å². The molecule has 3 aromatic rings. The van der Waals surface area contributed by atoms with E-state index in [1.54, 1.807) is 0 Å². The Kier molecular flexibility index (Phi) is 4.00. The van der Waals surface area contributed by atoms with Crippen LogP contribution in [0.15, 0.2) is 30.3 Å². The van der Waals surface area contributed by atoms with Gasteiger partial charge in [0.2, 0.25) is 0 Å². The van der Waals surface area contributed by atoms with E-state index in [9.17, 15) is 18.0 Å². The Labute approximate surface area is 139 Å². The second kappa shape index (κ2) is 5.86. The lowest BCUT2D eigenvalue weighted by atomic mass is 10.1. The lowest BCUT2D eigenvalue weighted by Gasteiger charge is -2.09. The predicted octanol–water partition coefficient (Wildman–Crippen LogP) is 4.58. The Morgan fingerprint density at radius 2 is 1.88 bits per heavy atom. The highest BCUT2D eigenvalue weighted by atomic mass is 32.1. The fourth-order valence-electron chi connectivity index (χ4n) is 2.21. The molecule has 0 radical (unpaired) electrons. The molecule has 0 unspecified atom stereocenters. The van der Waals surface area contributed by atoms with Crippen molar-refractivity contribution in [2.45, 2.75) is 20.0 Å².